The molecular weight excluding hydrogens is 210 g/mol. The van der Waals surface area contributed by atoms with Crippen LogP contribution in [0.3, 0.4) is 0 Å². The van der Waals surface area contributed by atoms with Crippen LogP contribution in [-0.4, -0.2) is 18.9 Å². The lowest BCUT2D eigenvalue weighted by molar-refractivity contribution is 0.0988. The first-order valence-corrected chi connectivity index (χ1v) is 6.63. The van der Waals surface area contributed by atoms with Gasteiger partial charge >= 0.3 is 0 Å². The third kappa shape index (κ3) is 7.70. The molecule has 1 aromatic rings. The fourth-order valence-electron chi connectivity index (χ4n) is 1.45. The average molecular weight is 235 g/mol. The summed E-state index contributed by atoms with van der Waals surface area (Å²) in [6.45, 7) is 8.37. The van der Waals surface area contributed by atoms with E-state index >= 15 is 0 Å². The summed E-state index contributed by atoms with van der Waals surface area (Å²) in [5.41, 5.74) is 0.810. The number of carbonyl (C=O) groups excluding carboxylic acids is 1. The van der Waals surface area contributed by atoms with Gasteiger partial charge < -0.3 is 5.32 Å². The number of rotatable bonds is 2. The van der Waals surface area contributed by atoms with E-state index in [0.717, 1.165) is 5.56 Å². The number of Topliss-reactive ketones (excluding diaryl/α,β-unsaturated/α-hetero) is 1. The standard InChI is InChI=1S/C9H10O.C4H9N.C2H6/c1-2-9(10)8-6-4-3-5-7-8;1-2-4-5-3-1;1-2/h3-7H,2H2,1H3;5H,1-4H2;1-2H3. The molecule has 2 nitrogen and oxygen atoms in total. The smallest absolute Gasteiger partial charge is 0.162 e. The predicted octanol–water partition coefficient (Wildman–Crippen LogP) is 3.68. The number of hydrogen-bond donors (Lipinski definition) is 1. The van der Waals surface area contributed by atoms with E-state index in [2.05, 4.69) is 5.32 Å². The molecule has 2 rings (SSSR count). The molecule has 0 aliphatic carbocycles. The first-order valence-electron chi connectivity index (χ1n) is 6.63. The van der Waals surface area contributed by atoms with Gasteiger partial charge in [-0.1, -0.05) is 51.1 Å². The quantitative estimate of drug-likeness (QED) is 0.792. The molecular formula is C15H25NO. The van der Waals surface area contributed by atoms with Crippen LogP contribution >= 0.6 is 0 Å². The lowest BCUT2D eigenvalue weighted by atomic mass is 10.1. The molecule has 1 aromatic carbocycles. The number of nitrogens with one attached hydrogen (secondary N) is 1. The Kier molecular flexibility index (Phi) is 10.6. The minimum atomic E-state index is 0.209. The predicted molar refractivity (Wildman–Crippen MR) is 74.5 cm³/mol. The van der Waals surface area contributed by atoms with Gasteiger partial charge in [0.1, 0.15) is 0 Å². The van der Waals surface area contributed by atoms with Crippen LogP contribution in [0, 0.1) is 0 Å². The fraction of sp³-hybridized carbons (Fsp3) is 0.533. The van der Waals surface area contributed by atoms with E-state index in [4.69, 9.17) is 0 Å². The summed E-state index contributed by atoms with van der Waals surface area (Å²) in [5, 5.41) is 3.22. The Bertz CT molecular complexity index is 271. The van der Waals surface area contributed by atoms with Gasteiger partial charge in [-0.3, -0.25) is 4.79 Å². The van der Waals surface area contributed by atoms with Crippen molar-refractivity contribution < 1.29 is 4.79 Å². The Morgan fingerprint density at radius 3 is 2.00 bits per heavy atom. The molecule has 1 aliphatic heterocycles. The summed E-state index contributed by atoms with van der Waals surface area (Å²) >= 11 is 0. The lowest BCUT2D eigenvalue weighted by Crippen LogP contribution is -2.03. The second-order valence-corrected chi connectivity index (χ2v) is 3.60. The number of benzene rings is 1. The molecule has 1 N–H and O–H groups in total. The second kappa shape index (κ2) is 11.3. The summed E-state index contributed by atoms with van der Waals surface area (Å²) in [5.74, 6) is 0.209. The topological polar surface area (TPSA) is 29.1 Å². The van der Waals surface area contributed by atoms with Crippen molar-refractivity contribution in [3.8, 4) is 0 Å². The zero-order valence-electron chi connectivity index (χ0n) is 11.3. The summed E-state index contributed by atoms with van der Waals surface area (Å²) < 4.78 is 0. The van der Waals surface area contributed by atoms with E-state index in [1.54, 1.807) is 0 Å². The van der Waals surface area contributed by atoms with Crippen molar-refractivity contribution in [2.45, 2.75) is 40.0 Å². The van der Waals surface area contributed by atoms with Gasteiger partial charge in [0, 0.05) is 12.0 Å². The van der Waals surface area contributed by atoms with E-state index < -0.39 is 0 Å². The molecule has 0 radical (unpaired) electrons. The van der Waals surface area contributed by atoms with Crippen LogP contribution in [0.25, 0.3) is 0 Å². The molecule has 0 aromatic heterocycles. The number of ketones is 1. The zero-order valence-corrected chi connectivity index (χ0v) is 11.3. The first-order chi connectivity index (χ1) is 8.34. The average Bonchev–Trinajstić information content (AvgIpc) is 3.00. The molecule has 96 valence electrons. The van der Waals surface area contributed by atoms with Crippen LogP contribution in [0.4, 0.5) is 0 Å². The van der Waals surface area contributed by atoms with Gasteiger partial charge in [0.15, 0.2) is 5.78 Å². The van der Waals surface area contributed by atoms with Gasteiger partial charge in [-0.15, -0.1) is 0 Å². The van der Waals surface area contributed by atoms with Gasteiger partial charge in [-0.2, -0.15) is 0 Å². The van der Waals surface area contributed by atoms with Gasteiger partial charge in [-0.25, -0.2) is 0 Å². The van der Waals surface area contributed by atoms with Crippen molar-refractivity contribution in [1.29, 1.82) is 0 Å². The Morgan fingerprint density at radius 1 is 1.12 bits per heavy atom. The molecule has 0 amide bonds. The van der Waals surface area contributed by atoms with Crippen LogP contribution in [0.5, 0.6) is 0 Å². The largest absolute Gasteiger partial charge is 0.317 e. The molecule has 0 bridgehead atoms. The molecule has 0 saturated carbocycles. The highest BCUT2D eigenvalue weighted by Crippen LogP contribution is 2.01. The fourth-order valence-corrected chi connectivity index (χ4v) is 1.45. The maximum Gasteiger partial charge on any atom is 0.162 e. The zero-order chi connectivity index (χ0) is 12.9. The molecule has 1 fully saturated rings. The van der Waals surface area contributed by atoms with Crippen molar-refractivity contribution in [3.05, 3.63) is 35.9 Å². The van der Waals surface area contributed by atoms with E-state index in [0.29, 0.717) is 6.42 Å². The third-order valence-corrected chi connectivity index (χ3v) is 2.37. The normalized spacial score (nSPS) is 12.9. The van der Waals surface area contributed by atoms with E-state index in [-0.39, 0.29) is 5.78 Å². The highest BCUT2D eigenvalue weighted by atomic mass is 16.1. The monoisotopic (exact) mass is 235 g/mol. The molecule has 0 atom stereocenters. The van der Waals surface area contributed by atoms with Gasteiger partial charge in [-0.05, 0) is 25.9 Å². The Balaban J connectivity index is 0.000000306. The molecule has 0 spiro atoms. The summed E-state index contributed by atoms with van der Waals surface area (Å²) in [4.78, 5) is 11.0. The third-order valence-electron chi connectivity index (χ3n) is 2.37. The highest BCUT2D eigenvalue weighted by Gasteiger charge is 1.98. The summed E-state index contributed by atoms with van der Waals surface area (Å²) in [6, 6.07) is 9.34. The SMILES string of the molecule is C1CCNC1.CC.CCC(=O)c1ccccc1. The molecule has 17 heavy (non-hydrogen) atoms. The van der Waals surface area contributed by atoms with Gasteiger partial charge in [0.25, 0.3) is 0 Å². The molecule has 2 heteroatoms. The lowest BCUT2D eigenvalue weighted by Gasteiger charge is -1.93. The maximum absolute atomic E-state index is 11.0. The minimum absolute atomic E-state index is 0.209. The first kappa shape index (κ1) is 15.9. The minimum Gasteiger partial charge on any atom is -0.317 e. The van der Waals surface area contributed by atoms with Crippen molar-refractivity contribution in [2.75, 3.05) is 13.1 Å². The van der Waals surface area contributed by atoms with Crippen LogP contribution in [0.1, 0.15) is 50.4 Å². The number of carbonyl (C=O) groups is 1. The van der Waals surface area contributed by atoms with E-state index in [1.807, 2.05) is 51.1 Å². The summed E-state index contributed by atoms with van der Waals surface area (Å²) in [6.07, 6.45) is 3.37. The number of hydrogen-bond acceptors (Lipinski definition) is 2. The van der Waals surface area contributed by atoms with Gasteiger partial charge in [0.2, 0.25) is 0 Å². The van der Waals surface area contributed by atoms with Crippen LogP contribution in [-0.2, 0) is 0 Å². The van der Waals surface area contributed by atoms with Crippen LogP contribution in [0.15, 0.2) is 30.3 Å². The van der Waals surface area contributed by atoms with Crippen molar-refractivity contribution in [3.63, 3.8) is 0 Å². The van der Waals surface area contributed by atoms with Crippen LogP contribution in [0.2, 0.25) is 0 Å². The van der Waals surface area contributed by atoms with Crippen LogP contribution < -0.4 is 5.32 Å². The molecule has 0 unspecified atom stereocenters. The van der Waals surface area contributed by atoms with E-state index in [1.165, 1.54) is 25.9 Å². The Labute approximate surface area is 105 Å². The van der Waals surface area contributed by atoms with Crippen molar-refractivity contribution in [2.24, 2.45) is 0 Å². The maximum atomic E-state index is 11.0. The van der Waals surface area contributed by atoms with Crippen molar-refractivity contribution in [1.82, 2.24) is 5.32 Å². The second-order valence-electron chi connectivity index (χ2n) is 3.60. The van der Waals surface area contributed by atoms with Gasteiger partial charge in [0.05, 0.1) is 0 Å². The van der Waals surface area contributed by atoms with Crippen molar-refractivity contribution >= 4 is 5.78 Å². The Morgan fingerprint density at radius 2 is 1.65 bits per heavy atom. The van der Waals surface area contributed by atoms with E-state index in [9.17, 15) is 4.79 Å². The molecule has 1 heterocycles. The summed E-state index contributed by atoms with van der Waals surface area (Å²) in [7, 11) is 0. The highest BCUT2D eigenvalue weighted by molar-refractivity contribution is 5.95. The molecule has 1 aliphatic rings. The Hall–Kier alpha value is -1.15. The molecule has 1 saturated heterocycles.